The summed E-state index contributed by atoms with van der Waals surface area (Å²) in [6.45, 7) is 5.46. The lowest BCUT2D eigenvalue weighted by molar-refractivity contribution is 0.494. The Morgan fingerprint density at radius 2 is 2.07 bits per heavy atom. The van der Waals surface area contributed by atoms with Gasteiger partial charge in [0.2, 0.25) is 0 Å². The third-order valence-corrected chi connectivity index (χ3v) is 3.04. The van der Waals surface area contributed by atoms with Gasteiger partial charge in [-0.25, -0.2) is 0 Å². The van der Waals surface area contributed by atoms with Crippen molar-refractivity contribution < 1.29 is 0 Å². The summed E-state index contributed by atoms with van der Waals surface area (Å²) < 4.78 is 0. The monoisotopic (exact) mass is 189 g/mol. The summed E-state index contributed by atoms with van der Waals surface area (Å²) in [5.41, 5.74) is 2.92. The zero-order chi connectivity index (χ0) is 9.97. The maximum Gasteiger partial charge on any atom is 0.0351 e. The second kappa shape index (κ2) is 4.14. The number of aryl methyl sites for hydroxylation is 1. The van der Waals surface area contributed by atoms with E-state index in [4.69, 9.17) is 0 Å². The first kappa shape index (κ1) is 9.72. The predicted octanol–water partition coefficient (Wildman–Crippen LogP) is 3.06. The molecule has 0 aliphatic heterocycles. The summed E-state index contributed by atoms with van der Waals surface area (Å²) in [5.74, 6) is 0.885. The first-order chi connectivity index (χ1) is 6.83. The van der Waals surface area contributed by atoms with Crippen LogP contribution in [0.25, 0.3) is 0 Å². The fraction of sp³-hybridized carbons (Fsp3) is 0.538. The van der Waals surface area contributed by atoms with Gasteiger partial charge in [-0.05, 0) is 43.4 Å². The van der Waals surface area contributed by atoms with E-state index in [0.29, 0.717) is 6.04 Å². The fourth-order valence-corrected chi connectivity index (χ4v) is 2.12. The molecule has 1 nitrogen and oxygen atoms in total. The maximum atomic E-state index is 3.60. The van der Waals surface area contributed by atoms with Crippen LogP contribution >= 0.6 is 0 Å². The summed E-state index contributed by atoms with van der Waals surface area (Å²) in [5, 5.41) is 3.60. The van der Waals surface area contributed by atoms with Crippen molar-refractivity contribution in [2.24, 2.45) is 5.92 Å². The predicted molar refractivity (Wildman–Crippen MR) is 60.3 cm³/mol. The molecule has 1 aromatic rings. The highest BCUT2D eigenvalue weighted by atomic mass is 14.9. The Kier molecular flexibility index (Phi) is 2.87. The highest BCUT2D eigenvalue weighted by molar-refractivity contribution is 5.30. The smallest absolute Gasteiger partial charge is 0.0351 e. The Balaban J connectivity index is 2.21. The van der Waals surface area contributed by atoms with E-state index in [1.165, 1.54) is 24.0 Å². The van der Waals surface area contributed by atoms with Gasteiger partial charge in [0.15, 0.2) is 0 Å². The molecule has 1 unspecified atom stereocenters. The molecular formula is C13H19N. The first-order valence-electron chi connectivity index (χ1n) is 5.62. The Labute approximate surface area is 86.5 Å². The molecule has 1 saturated carbocycles. The van der Waals surface area contributed by atoms with Crippen LogP contribution in [0.5, 0.6) is 0 Å². The summed E-state index contributed by atoms with van der Waals surface area (Å²) in [6.07, 6.45) is 2.79. The number of rotatable bonds is 4. The molecule has 0 radical (unpaired) electrons. The van der Waals surface area contributed by atoms with Gasteiger partial charge in [-0.1, -0.05) is 31.2 Å². The third kappa shape index (κ3) is 1.98. The SMILES string of the molecule is CCNC(c1ccccc1C)C1CC1. The van der Waals surface area contributed by atoms with Crippen LogP contribution < -0.4 is 5.32 Å². The van der Waals surface area contributed by atoms with Gasteiger partial charge in [-0.15, -0.1) is 0 Å². The fourth-order valence-electron chi connectivity index (χ4n) is 2.12. The quantitative estimate of drug-likeness (QED) is 0.767. The van der Waals surface area contributed by atoms with Crippen LogP contribution in [-0.2, 0) is 0 Å². The molecule has 0 spiro atoms. The van der Waals surface area contributed by atoms with Crippen LogP contribution in [0, 0.1) is 12.8 Å². The highest BCUT2D eigenvalue weighted by Gasteiger charge is 2.32. The molecule has 1 atom stereocenters. The molecule has 1 N–H and O–H groups in total. The van der Waals surface area contributed by atoms with Crippen LogP contribution in [0.15, 0.2) is 24.3 Å². The van der Waals surface area contributed by atoms with Gasteiger partial charge in [0.25, 0.3) is 0 Å². The van der Waals surface area contributed by atoms with Gasteiger partial charge >= 0.3 is 0 Å². The van der Waals surface area contributed by atoms with E-state index < -0.39 is 0 Å². The molecule has 1 fully saturated rings. The topological polar surface area (TPSA) is 12.0 Å². The summed E-state index contributed by atoms with van der Waals surface area (Å²) in [6, 6.07) is 9.34. The van der Waals surface area contributed by atoms with Crippen molar-refractivity contribution in [2.45, 2.75) is 32.7 Å². The van der Waals surface area contributed by atoms with Gasteiger partial charge in [0, 0.05) is 6.04 Å². The van der Waals surface area contributed by atoms with Crippen molar-refractivity contribution in [1.82, 2.24) is 5.32 Å². The Morgan fingerprint density at radius 1 is 1.36 bits per heavy atom. The lowest BCUT2D eigenvalue weighted by Crippen LogP contribution is -2.23. The van der Waals surface area contributed by atoms with Gasteiger partial charge in [0.05, 0.1) is 0 Å². The van der Waals surface area contributed by atoms with Gasteiger partial charge < -0.3 is 5.32 Å². The van der Waals surface area contributed by atoms with Crippen molar-refractivity contribution in [1.29, 1.82) is 0 Å². The third-order valence-electron chi connectivity index (χ3n) is 3.04. The van der Waals surface area contributed by atoms with Crippen molar-refractivity contribution in [2.75, 3.05) is 6.54 Å². The average molecular weight is 189 g/mol. The number of hydrogen-bond acceptors (Lipinski definition) is 1. The summed E-state index contributed by atoms with van der Waals surface area (Å²) in [7, 11) is 0. The Hall–Kier alpha value is -0.820. The van der Waals surface area contributed by atoms with Crippen molar-refractivity contribution in [3.05, 3.63) is 35.4 Å². The molecule has 1 aliphatic rings. The summed E-state index contributed by atoms with van der Waals surface area (Å²) >= 11 is 0. The van der Waals surface area contributed by atoms with Gasteiger partial charge in [-0.2, -0.15) is 0 Å². The maximum absolute atomic E-state index is 3.60. The number of nitrogens with one attached hydrogen (secondary N) is 1. The Bertz CT molecular complexity index is 302. The van der Waals surface area contributed by atoms with E-state index in [9.17, 15) is 0 Å². The summed E-state index contributed by atoms with van der Waals surface area (Å²) in [4.78, 5) is 0. The number of hydrogen-bond donors (Lipinski definition) is 1. The molecule has 2 rings (SSSR count). The van der Waals surface area contributed by atoms with E-state index in [1.54, 1.807) is 0 Å². The highest BCUT2D eigenvalue weighted by Crippen LogP contribution is 2.41. The second-order valence-corrected chi connectivity index (χ2v) is 4.23. The van der Waals surface area contributed by atoms with Gasteiger partial charge in [-0.3, -0.25) is 0 Å². The molecule has 0 saturated heterocycles. The first-order valence-corrected chi connectivity index (χ1v) is 5.62. The van der Waals surface area contributed by atoms with E-state index in [2.05, 4.69) is 43.4 Å². The molecule has 76 valence electrons. The molecule has 1 aromatic carbocycles. The molecule has 0 bridgehead atoms. The average Bonchev–Trinajstić information content (AvgIpc) is 2.99. The minimum Gasteiger partial charge on any atom is -0.310 e. The normalized spacial score (nSPS) is 18.1. The Morgan fingerprint density at radius 3 is 2.64 bits per heavy atom. The van der Waals surface area contributed by atoms with Crippen molar-refractivity contribution in [3.8, 4) is 0 Å². The minimum absolute atomic E-state index is 0.598. The molecule has 0 aromatic heterocycles. The molecule has 0 amide bonds. The lowest BCUT2D eigenvalue weighted by atomic mass is 9.98. The van der Waals surface area contributed by atoms with Crippen LogP contribution in [0.3, 0.4) is 0 Å². The molecule has 14 heavy (non-hydrogen) atoms. The van der Waals surface area contributed by atoms with Crippen LogP contribution in [0.4, 0.5) is 0 Å². The van der Waals surface area contributed by atoms with Crippen LogP contribution in [0.2, 0.25) is 0 Å². The minimum atomic E-state index is 0.598. The van der Waals surface area contributed by atoms with Crippen LogP contribution in [0.1, 0.15) is 36.9 Å². The zero-order valence-corrected chi connectivity index (χ0v) is 9.09. The standard InChI is InChI=1S/C13H19N/c1-3-14-13(11-8-9-11)12-7-5-4-6-10(12)2/h4-7,11,13-14H,3,8-9H2,1-2H3. The van der Waals surface area contributed by atoms with E-state index in [0.717, 1.165) is 12.5 Å². The van der Waals surface area contributed by atoms with Crippen molar-refractivity contribution in [3.63, 3.8) is 0 Å². The molecular weight excluding hydrogens is 170 g/mol. The van der Waals surface area contributed by atoms with E-state index in [1.807, 2.05) is 0 Å². The second-order valence-electron chi connectivity index (χ2n) is 4.23. The molecule has 1 aliphatic carbocycles. The van der Waals surface area contributed by atoms with Crippen molar-refractivity contribution >= 4 is 0 Å². The molecule has 0 heterocycles. The zero-order valence-electron chi connectivity index (χ0n) is 9.09. The molecule has 1 heteroatoms. The van der Waals surface area contributed by atoms with E-state index in [-0.39, 0.29) is 0 Å². The van der Waals surface area contributed by atoms with E-state index >= 15 is 0 Å². The largest absolute Gasteiger partial charge is 0.310 e. The van der Waals surface area contributed by atoms with Crippen LogP contribution in [-0.4, -0.2) is 6.54 Å². The van der Waals surface area contributed by atoms with Gasteiger partial charge in [0.1, 0.15) is 0 Å². The lowest BCUT2D eigenvalue weighted by Gasteiger charge is -2.19. The number of benzene rings is 1.